The molecule has 6 atom stereocenters. The second kappa shape index (κ2) is 5.75. The number of nitrogens with zero attached hydrogens (tertiary/aromatic N) is 1. The molecule has 0 bridgehead atoms. The molecule has 0 spiro atoms. The summed E-state index contributed by atoms with van der Waals surface area (Å²) in [5.41, 5.74) is 0. The molecule has 2 heterocycles. The number of ether oxygens (including phenoxy) is 1. The lowest BCUT2D eigenvalue weighted by atomic mass is 9.79. The van der Waals surface area contributed by atoms with Crippen LogP contribution in [0.15, 0.2) is 0 Å². The summed E-state index contributed by atoms with van der Waals surface area (Å²) < 4.78 is 5.03. The number of hydrogen-bond acceptors (Lipinski definition) is 6. The van der Waals surface area contributed by atoms with Gasteiger partial charge in [-0.3, -0.25) is 9.69 Å². The molecule has 6 nitrogen and oxygen atoms in total. The minimum absolute atomic E-state index is 0.156. The Kier molecular flexibility index (Phi) is 4.45. The highest BCUT2D eigenvalue weighted by atomic mass is 16.5. The molecule has 0 saturated carbocycles. The van der Waals surface area contributed by atoms with Crippen LogP contribution in [0.25, 0.3) is 0 Å². The summed E-state index contributed by atoms with van der Waals surface area (Å²) in [5, 5.41) is 29.9. The Hall–Kier alpha value is -0.690. The third-order valence-corrected chi connectivity index (χ3v) is 4.30. The lowest BCUT2D eigenvalue weighted by molar-refractivity contribution is -0.170. The zero-order valence-corrected chi connectivity index (χ0v) is 11.4. The lowest BCUT2D eigenvalue weighted by Gasteiger charge is -2.51. The summed E-state index contributed by atoms with van der Waals surface area (Å²) in [6, 6.07) is -0.555. The number of piperidine rings is 2. The summed E-state index contributed by atoms with van der Waals surface area (Å²) in [7, 11) is 0. The van der Waals surface area contributed by atoms with Gasteiger partial charge in [-0.05, 0) is 20.3 Å². The second-order valence-electron chi connectivity index (χ2n) is 5.55. The van der Waals surface area contributed by atoms with Crippen molar-refractivity contribution in [3.8, 4) is 0 Å². The van der Waals surface area contributed by atoms with Gasteiger partial charge in [0.2, 0.25) is 0 Å². The van der Waals surface area contributed by atoms with Crippen molar-refractivity contribution < 1.29 is 24.9 Å². The van der Waals surface area contributed by atoms with E-state index in [-0.39, 0.29) is 18.4 Å². The maximum absolute atomic E-state index is 11.9. The minimum atomic E-state index is -0.770. The Labute approximate surface area is 113 Å². The highest BCUT2D eigenvalue weighted by molar-refractivity contribution is 5.73. The normalized spacial score (nSPS) is 43.6. The Morgan fingerprint density at radius 3 is 2.53 bits per heavy atom. The number of esters is 1. The summed E-state index contributed by atoms with van der Waals surface area (Å²) in [4.78, 5) is 13.7. The van der Waals surface area contributed by atoms with E-state index in [1.807, 2.05) is 11.8 Å². The van der Waals surface area contributed by atoms with Gasteiger partial charge in [0.15, 0.2) is 0 Å². The quantitative estimate of drug-likeness (QED) is 0.566. The van der Waals surface area contributed by atoms with Crippen LogP contribution in [-0.2, 0) is 9.53 Å². The van der Waals surface area contributed by atoms with E-state index in [0.717, 1.165) is 0 Å². The topological polar surface area (TPSA) is 90.2 Å². The van der Waals surface area contributed by atoms with E-state index in [9.17, 15) is 20.1 Å². The first-order valence-corrected chi connectivity index (χ1v) is 6.92. The van der Waals surface area contributed by atoms with Gasteiger partial charge in [-0.15, -0.1) is 0 Å². The summed E-state index contributed by atoms with van der Waals surface area (Å²) in [5.74, 6) is -0.731. The third kappa shape index (κ3) is 2.76. The average molecular weight is 273 g/mol. The van der Waals surface area contributed by atoms with Crippen molar-refractivity contribution in [2.75, 3.05) is 13.2 Å². The molecule has 2 aliphatic rings. The molecule has 0 aliphatic carbocycles. The van der Waals surface area contributed by atoms with E-state index in [1.54, 1.807) is 6.92 Å². The van der Waals surface area contributed by atoms with Crippen molar-refractivity contribution in [1.82, 2.24) is 4.90 Å². The van der Waals surface area contributed by atoms with Gasteiger partial charge in [-0.1, -0.05) is 0 Å². The van der Waals surface area contributed by atoms with Gasteiger partial charge in [0.25, 0.3) is 0 Å². The molecule has 2 fully saturated rings. The van der Waals surface area contributed by atoms with Gasteiger partial charge in [0, 0.05) is 19.0 Å². The van der Waals surface area contributed by atoms with Crippen LogP contribution in [0.5, 0.6) is 0 Å². The van der Waals surface area contributed by atoms with Gasteiger partial charge in [-0.2, -0.15) is 0 Å². The number of fused-ring (bicyclic) bond motifs is 1. The molecular weight excluding hydrogens is 250 g/mol. The van der Waals surface area contributed by atoms with Gasteiger partial charge in [0.1, 0.15) is 0 Å². The molecule has 0 aromatic carbocycles. The van der Waals surface area contributed by atoms with Crippen molar-refractivity contribution in [2.45, 2.75) is 57.1 Å². The molecule has 2 saturated heterocycles. The standard InChI is InChI=1S/C13H23NO5/c1-3-19-13(18)9-5-11(17)12-10(16)4-8(15)6-14(12)7(9)2/h7-12,15-17H,3-6H2,1-2H3/t7?,8?,9?,10?,11?,12-/m0/s1. The van der Waals surface area contributed by atoms with Gasteiger partial charge >= 0.3 is 5.97 Å². The first-order valence-electron chi connectivity index (χ1n) is 6.92. The molecule has 19 heavy (non-hydrogen) atoms. The van der Waals surface area contributed by atoms with E-state index >= 15 is 0 Å². The van der Waals surface area contributed by atoms with Crippen molar-refractivity contribution in [1.29, 1.82) is 0 Å². The first kappa shape index (κ1) is 14.7. The molecule has 3 N–H and O–H groups in total. The summed E-state index contributed by atoms with van der Waals surface area (Å²) in [6.45, 7) is 4.31. The number of carbonyl (C=O) groups is 1. The van der Waals surface area contributed by atoms with Crippen LogP contribution in [0.1, 0.15) is 26.7 Å². The number of aliphatic hydroxyl groups excluding tert-OH is 3. The molecule has 0 amide bonds. The van der Waals surface area contributed by atoms with Crippen molar-refractivity contribution >= 4 is 5.97 Å². The Morgan fingerprint density at radius 2 is 1.89 bits per heavy atom. The Balaban J connectivity index is 2.16. The van der Waals surface area contributed by atoms with Gasteiger partial charge < -0.3 is 20.1 Å². The van der Waals surface area contributed by atoms with Crippen LogP contribution in [-0.4, -0.2) is 69.7 Å². The van der Waals surface area contributed by atoms with E-state index in [4.69, 9.17) is 4.74 Å². The Bertz CT molecular complexity index is 337. The predicted octanol–water partition coefficient (Wildman–Crippen LogP) is -0.885. The second-order valence-corrected chi connectivity index (χ2v) is 5.55. The van der Waals surface area contributed by atoms with E-state index in [1.165, 1.54) is 0 Å². The Morgan fingerprint density at radius 1 is 1.26 bits per heavy atom. The molecule has 110 valence electrons. The summed E-state index contributed by atoms with van der Waals surface area (Å²) in [6.07, 6.45) is -1.58. The monoisotopic (exact) mass is 273 g/mol. The molecule has 6 heteroatoms. The van der Waals surface area contributed by atoms with Crippen molar-refractivity contribution in [2.24, 2.45) is 5.92 Å². The van der Waals surface area contributed by atoms with Crippen LogP contribution in [0.3, 0.4) is 0 Å². The first-order chi connectivity index (χ1) is 8.95. The number of aliphatic hydroxyl groups is 3. The molecule has 5 unspecified atom stereocenters. The number of carbonyl (C=O) groups excluding carboxylic acids is 1. The maximum Gasteiger partial charge on any atom is 0.310 e. The fourth-order valence-electron chi connectivity index (χ4n) is 3.36. The fourth-order valence-corrected chi connectivity index (χ4v) is 3.36. The molecule has 2 aliphatic heterocycles. The van der Waals surface area contributed by atoms with Gasteiger partial charge in [-0.25, -0.2) is 0 Å². The molecule has 2 rings (SSSR count). The molecular formula is C13H23NO5. The van der Waals surface area contributed by atoms with Crippen molar-refractivity contribution in [3.05, 3.63) is 0 Å². The zero-order valence-electron chi connectivity index (χ0n) is 11.4. The highest BCUT2D eigenvalue weighted by Gasteiger charge is 2.49. The zero-order chi connectivity index (χ0) is 14.2. The minimum Gasteiger partial charge on any atom is -0.466 e. The molecule has 0 aromatic heterocycles. The lowest BCUT2D eigenvalue weighted by Crippen LogP contribution is -2.66. The van der Waals surface area contributed by atoms with Crippen LogP contribution in [0.2, 0.25) is 0 Å². The predicted molar refractivity (Wildman–Crippen MR) is 67.3 cm³/mol. The van der Waals surface area contributed by atoms with Gasteiger partial charge in [0.05, 0.1) is 36.9 Å². The maximum atomic E-state index is 11.9. The summed E-state index contributed by atoms with van der Waals surface area (Å²) >= 11 is 0. The van der Waals surface area contributed by atoms with Crippen LogP contribution < -0.4 is 0 Å². The SMILES string of the molecule is CCOC(=O)C1CC(O)[C@@H]2C(O)CC(O)CN2C1C. The fraction of sp³-hybridized carbons (Fsp3) is 0.923. The van der Waals surface area contributed by atoms with Crippen LogP contribution >= 0.6 is 0 Å². The van der Waals surface area contributed by atoms with E-state index in [0.29, 0.717) is 19.6 Å². The highest BCUT2D eigenvalue weighted by Crippen LogP contribution is 2.34. The van der Waals surface area contributed by atoms with Crippen LogP contribution in [0, 0.1) is 5.92 Å². The molecule has 0 aromatic rings. The third-order valence-electron chi connectivity index (χ3n) is 4.30. The number of hydrogen-bond donors (Lipinski definition) is 3. The van der Waals surface area contributed by atoms with Crippen LogP contribution in [0.4, 0.5) is 0 Å². The van der Waals surface area contributed by atoms with E-state index < -0.39 is 30.3 Å². The smallest absolute Gasteiger partial charge is 0.310 e. The molecule has 0 radical (unpaired) electrons. The largest absolute Gasteiger partial charge is 0.466 e. The average Bonchev–Trinajstić information content (AvgIpc) is 2.33. The van der Waals surface area contributed by atoms with Crippen molar-refractivity contribution in [3.63, 3.8) is 0 Å². The van der Waals surface area contributed by atoms with E-state index in [2.05, 4.69) is 0 Å². The number of rotatable bonds is 2.